The van der Waals surface area contributed by atoms with Crippen LogP contribution in [0.1, 0.15) is 39.9 Å². The number of aromatic nitrogens is 3. The van der Waals surface area contributed by atoms with E-state index in [2.05, 4.69) is 48.2 Å². The highest BCUT2D eigenvalue weighted by Crippen LogP contribution is 2.19. The summed E-state index contributed by atoms with van der Waals surface area (Å²) < 4.78 is 0. The van der Waals surface area contributed by atoms with Crippen molar-refractivity contribution in [3.63, 3.8) is 0 Å². The number of rotatable bonds is 6. The highest BCUT2D eigenvalue weighted by molar-refractivity contribution is 7.99. The summed E-state index contributed by atoms with van der Waals surface area (Å²) >= 11 is 1.70. The van der Waals surface area contributed by atoms with Gasteiger partial charge in [-0.05, 0) is 27.2 Å². The Balaban J connectivity index is 2.34. The number of thioether (sulfide) groups is 1. The molecule has 1 unspecified atom stereocenters. The summed E-state index contributed by atoms with van der Waals surface area (Å²) in [4.78, 5) is 4.28. The van der Waals surface area contributed by atoms with Gasteiger partial charge in [-0.2, -0.15) is 0 Å². The SMILES string of the molecule is CCC(C)(C)NCC(C)Sc1n[nH]c(C)n1. The van der Waals surface area contributed by atoms with Gasteiger partial charge in [0, 0.05) is 17.3 Å². The van der Waals surface area contributed by atoms with Crippen molar-refractivity contribution in [3.05, 3.63) is 5.82 Å². The fourth-order valence-electron chi connectivity index (χ4n) is 1.14. The molecule has 0 saturated carbocycles. The Morgan fingerprint density at radius 1 is 1.50 bits per heavy atom. The second kappa shape index (κ2) is 5.68. The van der Waals surface area contributed by atoms with E-state index in [-0.39, 0.29) is 5.54 Å². The normalized spacial score (nSPS) is 14.1. The maximum atomic E-state index is 4.28. The van der Waals surface area contributed by atoms with Crippen LogP contribution in [0.4, 0.5) is 0 Å². The summed E-state index contributed by atoms with van der Waals surface area (Å²) in [6.45, 7) is 11.7. The van der Waals surface area contributed by atoms with Crippen LogP contribution in [0.15, 0.2) is 5.16 Å². The zero-order valence-corrected chi connectivity index (χ0v) is 11.6. The summed E-state index contributed by atoms with van der Waals surface area (Å²) in [7, 11) is 0. The van der Waals surface area contributed by atoms with Crippen LogP contribution in [-0.2, 0) is 0 Å². The molecule has 5 heteroatoms. The zero-order chi connectivity index (χ0) is 12.2. The van der Waals surface area contributed by atoms with Gasteiger partial charge in [0.2, 0.25) is 5.16 Å². The van der Waals surface area contributed by atoms with Crippen LogP contribution in [-0.4, -0.2) is 32.5 Å². The highest BCUT2D eigenvalue weighted by atomic mass is 32.2. The molecule has 0 aliphatic heterocycles. The van der Waals surface area contributed by atoms with Gasteiger partial charge in [0.1, 0.15) is 5.82 Å². The molecular weight excluding hydrogens is 220 g/mol. The van der Waals surface area contributed by atoms with Gasteiger partial charge < -0.3 is 5.32 Å². The van der Waals surface area contributed by atoms with Crippen molar-refractivity contribution in [3.8, 4) is 0 Å². The molecular formula is C11H22N4S. The third-order valence-corrected chi connectivity index (χ3v) is 3.60. The van der Waals surface area contributed by atoms with Gasteiger partial charge >= 0.3 is 0 Å². The molecule has 2 N–H and O–H groups in total. The Morgan fingerprint density at radius 2 is 2.19 bits per heavy atom. The first-order valence-electron chi connectivity index (χ1n) is 5.73. The van der Waals surface area contributed by atoms with Crippen LogP contribution in [0.3, 0.4) is 0 Å². The number of aromatic amines is 1. The van der Waals surface area contributed by atoms with Crippen LogP contribution in [0.2, 0.25) is 0 Å². The lowest BCUT2D eigenvalue weighted by Crippen LogP contribution is -2.41. The van der Waals surface area contributed by atoms with Crippen molar-refractivity contribution in [1.82, 2.24) is 20.5 Å². The average molecular weight is 242 g/mol. The van der Waals surface area contributed by atoms with E-state index in [1.807, 2.05) is 6.92 Å². The molecule has 1 aromatic heterocycles. The Kier molecular flexibility index (Phi) is 4.80. The number of hydrogen-bond acceptors (Lipinski definition) is 4. The van der Waals surface area contributed by atoms with Gasteiger partial charge in [0.15, 0.2) is 0 Å². The smallest absolute Gasteiger partial charge is 0.208 e. The number of hydrogen-bond donors (Lipinski definition) is 2. The van der Waals surface area contributed by atoms with E-state index in [1.54, 1.807) is 11.8 Å². The molecule has 1 rings (SSSR count). The molecule has 0 bridgehead atoms. The first kappa shape index (κ1) is 13.5. The van der Waals surface area contributed by atoms with Crippen LogP contribution >= 0.6 is 11.8 Å². The molecule has 0 fully saturated rings. The molecule has 0 aliphatic carbocycles. The minimum absolute atomic E-state index is 0.212. The maximum absolute atomic E-state index is 4.28. The Labute approximate surface area is 102 Å². The van der Waals surface area contributed by atoms with E-state index >= 15 is 0 Å². The van der Waals surface area contributed by atoms with Gasteiger partial charge in [-0.25, -0.2) is 4.98 Å². The van der Waals surface area contributed by atoms with E-state index in [0.717, 1.165) is 23.9 Å². The van der Waals surface area contributed by atoms with E-state index in [1.165, 1.54) is 0 Å². The molecule has 4 nitrogen and oxygen atoms in total. The first-order valence-corrected chi connectivity index (χ1v) is 6.61. The molecule has 0 saturated heterocycles. The fraction of sp³-hybridized carbons (Fsp3) is 0.818. The Hall–Kier alpha value is -0.550. The van der Waals surface area contributed by atoms with E-state index < -0.39 is 0 Å². The predicted molar refractivity (Wildman–Crippen MR) is 68.8 cm³/mol. The summed E-state index contributed by atoms with van der Waals surface area (Å²) in [5, 5.41) is 11.8. The second-order valence-electron chi connectivity index (χ2n) is 4.75. The minimum Gasteiger partial charge on any atom is -0.311 e. The second-order valence-corrected chi connectivity index (χ2v) is 6.16. The molecule has 0 amide bonds. The summed E-state index contributed by atoms with van der Waals surface area (Å²) in [5.41, 5.74) is 0.212. The zero-order valence-electron chi connectivity index (χ0n) is 10.8. The van der Waals surface area contributed by atoms with E-state index in [9.17, 15) is 0 Å². The minimum atomic E-state index is 0.212. The number of nitrogens with one attached hydrogen (secondary N) is 2. The van der Waals surface area contributed by atoms with Gasteiger partial charge in [-0.3, -0.25) is 5.10 Å². The van der Waals surface area contributed by atoms with E-state index in [0.29, 0.717) is 5.25 Å². The van der Waals surface area contributed by atoms with Crippen molar-refractivity contribution in [2.75, 3.05) is 6.54 Å². The summed E-state index contributed by atoms with van der Waals surface area (Å²) in [6.07, 6.45) is 1.13. The number of aryl methyl sites for hydroxylation is 1. The van der Waals surface area contributed by atoms with E-state index in [4.69, 9.17) is 0 Å². The Morgan fingerprint density at radius 3 is 2.69 bits per heavy atom. The van der Waals surface area contributed by atoms with Gasteiger partial charge in [0.05, 0.1) is 0 Å². The fourth-order valence-corrected chi connectivity index (χ4v) is 1.96. The van der Waals surface area contributed by atoms with Crippen LogP contribution in [0.5, 0.6) is 0 Å². The van der Waals surface area contributed by atoms with Crippen LogP contribution in [0.25, 0.3) is 0 Å². The van der Waals surface area contributed by atoms with Crippen molar-refractivity contribution >= 4 is 11.8 Å². The van der Waals surface area contributed by atoms with Gasteiger partial charge in [0.25, 0.3) is 0 Å². The summed E-state index contributed by atoms with van der Waals surface area (Å²) in [6, 6.07) is 0. The highest BCUT2D eigenvalue weighted by Gasteiger charge is 2.16. The largest absolute Gasteiger partial charge is 0.311 e. The molecule has 0 aromatic carbocycles. The topological polar surface area (TPSA) is 53.6 Å². The number of nitrogens with zero attached hydrogens (tertiary/aromatic N) is 2. The maximum Gasteiger partial charge on any atom is 0.208 e. The predicted octanol–water partition coefficient (Wildman–Crippen LogP) is 2.37. The quantitative estimate of drug-likeness (QED) is 0.752. The van der Waals surface area contributed by atoms with Crippen molar-refractivity contribution in [1.29, 1.82) is 0 Å². The monoisotopic (exact) mass is 242 g/mol. The lowest BCUT2D eigenvalue weighted by Gasteiger charge is -2.26. The third-order valence-electron chi connectivity index (χ3n) is 2.64. The van der Waals surface area contributed by atoms with Crippen molar-refractivity contribution in [2.45, 2.75) is 57.0 Å². The average Bonchev–Trinajstić information content (AvgIpc) is 2.61. The van der Waals surface area contributed by atoms with Crippen LogP contribution < -0.4 is 5.32 Å². The number of H-pyrrole nitrogens is 1. The molecule has 0 radical (unpaired) electrons. The molecule has 1 atom stereocenters. The lowest BCUT2D eigenvalue weighted by atomic mass is 10.0. The van der Waals surface area contributed by atoms with Gasteiger partial charge in [-0.1, -0.05) is 25.6 Å². The molecule has 92 valence electrons. The molecule has 16 heavy (non-hydrogen) atoms. The van der Waals surface area contributed by atoms with Crippen molar-refractivity contribution < 1.29 is 0 Å². The molecule has 1 aromatic rings. The molecule has 0 aliphatic rings. The summed E-state index contributed by atoms with van der Waals surface area (Å²) in [5.74, 6) is 0.872. The van der Waals surface area contributed by atoms with Crippen LogP contribution in [0, 0.1) is 6.92 Å². The van der Waals surface area contributed by atoms with Crippen molar-refractivity contribution in [2.24, 2.45) is 0 Å². The Bertz CT molecular complexity index is 322. The molecule has 1 heterocycles. The lowest BCUT2D eigenvalue weighted by molar-refractivity contribution is 0.379. The standard InChI is InChI=1S/C11H22N4S/c1-6-11(4,5)12-7-8(2)16-10-13-9(3)14-15-10/h8,12H,6-7H2,1-5H3,(H,13,14,15). The molecule has 0 spiro atoms. The third kappa shape index (κ3) is 4.53. The van der Waals surface area contributed by atoms with Gasteiger partial charge in [-0.15, -0.1) is 5.10 Å². The first-order chi connectivity index (χ1) is 7.43.